The number of hydrogen-bond donors (Lipinski definition) is 3. The highest BCUT2D eigenvalue weighted by Crippen LogP contribution is 2.16. The molecule has 4 heteroatoms. The Hall–Kier alpha value is -1.39. The van der Waals surface area contributed by atoms with Gasteiger partial charge in [-0.25, -0.2) is 0 Å². The number of carbonyl (C=O) groups is 1. The zero-order chi connectivity index (χ0) is 42.8. The van der Waals surface area contributed by atoms with Gasteiger partial charge < -0.3 is 15.5 Å². The predicted molar refractivity (Wildman–Crippen MR) is 262 cm³/mol. The Kier molecular flexibility index (Phi) is 49.8. The minimum Gasteiger partial charge on any atom is -0.394 e. The van der Waals surface area contributed by atoms with Crippen LogP contribution in [-0.2, 0) is 4.79 Å². The fourth-order valence-corrected chi connectivity index (χ4v) is 8.27. The van der Waals surface area contributed by atoms with Crippen LogP contribution < -0.4 is 5.32 Å². The lowest BCUT2D eigenvalue weighted by molar-refractivity contribution is -0.123. The fraction of sp³-hybridized carbons (Fsp3) is 0.873. The van der Waals surface area contributed by atoms with Crippen molar-refractivity contribution in [2.24, 2.45) is 0 Å². The second-order valence-corrected chi connectivity index (χ2v) is 18.3. The van der Waals surface area contributed by atoms with Gasteiger partial charge in [-0.05, 0) is 51.4 Å². The second-order valence-electron chi connectivity index (χ2n) is 18.3. The molecule has 0 aromatic carbocycles. The molecule has 0 saturated carbocycles. The number of hydrogen-bond acceptors (Lipinski definition) is 3. The standard InChI is InChI=1S/C55H105NO3/c1-3-5-7-9-11-13-15-17-19-21-22-23-24-25-26-27-28-29-30-31-32-33-34-35-37-39-41-43-45-47-49-51-55(59)56-53(52-57)54(58)50-48-46-44-42-40-38-36-20-18-16-14-12-10-8-6-4-2/h22-23,25-26,48,50,53-54,57-58H,3-21,24,27-47,49,51-52H2,1-2H3,(H,56,59)/b23-22-,26-25-,50-48+. The van der Waals surface area contributed by atoms with Crippen LogP contribution in [0.15, 0.2) is 36.5 Å². The minimum absolute atomic E-state index is 0.0612. The first-order valence-electron chi connectivity index (χ1n) is 26.7. The lowest BCUT2D eigenvalue weighted by Crippen LogP contribution is -2.45. The summed E-state index contributed by atoms with van der Waals surface area (Å²) in [5, 5.41) is 23.1. The molecule has 0 aliphatic carbocycles. The van der Waals surface area contributed by atoms with Crippen LogP contribution in [0.1, 0.15) is 290 Å². The molecule has 3 N–H and O–H groups in total. The van der Waals surface area contributed by atoms with Gasteiger partial charge in [-0.2, -0.15) is 0 Å². The van der Waals surface area contributed by atoms with Gasteiger partial charge in [0.15, 0.2) is 0 Å². The highest BCUT2D eigenvalue weighted by molar-refractivity contribution is 5.76. The number of unbranched alkanes of at least 4 members (excludes halogenated alkanes) is 38. The molecule has 0 radical (unpaired) electrons. The normalized spacial score (nSPS) is 13.1. The zero-order valence-corrected chi connectivity index (χ0v) is 40.0. The number of carbonyl (C=O) groups excluding carboxylic acids is 1. The van der Waals surface area contributed by atoms with E-state index >= 15 is 0 Å². The number of nitrogens with one attached hydrogen (secondary N) is 1. The molecule has 0 bridgehead atoms. The molecule has 0 aromatic rings. The van der Waals surface area contributed by atoms with E-state index in [1.54, 1.807) is 6.08 Å². The Morgan fingerprint density at radius 3 is 1.02 bits per heavy atom. The molecule has 0 aliphatic rings. The van der Waals surface area contributed by atoms with E-state index in [2.05, 4.69) is 43.5 Å². The van der Waals surface area contributed by atoms with Gasteiger partial charge in [0, 0.05) is 6.42 Å². The van der Waals surface area contributed by atoms with Gasteiger partial charge in [-0.3, -0.25) is 4.79 Å². The summed E-state index contributed by atoms with van der Waals surface area (Å²) in [5.74, 6) is -0.0612. The molecule has 0 saturated heterocycles. The van der Waals surface area contributed by atoms with Gasteiger partial charge in [0.05, 0.1) is 18.8 Å². The van der Waals surface area contributed by atoms with Crippen molar-refractivity contribution in [2.45, 2.75) is 302 Å². The lowest BCUT2D eigenvalue weighted by Gasteiger charge is -2.20. The van der Waals surface area contributed by atoms with Crippen molar-refractivity contribution >= 4 is 5.91 Å². The van der Waals surface area contributed by atoms with E-state index < -0.39 is 12.1 Å². The van der Waals surface area contributed by atoms with E-state index in [1.807, 2.05) is 6.08 Å². The monoisotopic (exact) mass is 828 g/mol. The number of aliphatic hydroxyl groups is 2. The van der Waals surface area contributed by atoms with Crippen LogP contribution in [-0.4, -0.2) is 34.9 Å². The van der Waals surface area contributed by atoms with Gasteiger partial charge in [0.2, 0.25) is 5.91 Å². The quantitative estimate of drug-likeness (QED) is 0.0423. The second kappa shape index (κ2) is 51.0. The predicted octanol–water partition coefficient (Wildman–Crippen LogP) is 17.3. The number of amides is 1. The fourth-order valence-electron chi connectivity index (χ4n) is 8.27. The van der Waals surface area contributed by atoms with Crippen molar-refractivity contribution in [2.75, 3.05) is 6.61 Å². The Bertz CT molecular complexity index is 897. The molecule has 0 heterocycles. The molecule has 2 atom stereocenters. The first-order valence-corrected chi connectivity index (χ1v) is 26.7. The molecular weight excluding hydrogens is 723 g/mol. The Labute approximate surface area is 370 Å². The molecule has 1 amide bonds. The van der Waals surface area contributed by atoms with E-state index in [1.165, 1.54) is 238 Å². The number of aliphatic hydroxyl groups excluding tert-OH is 2. The highest BCUT2D eigenvalue weighted by atomic mass is 16.3. The minimum atomic E-state index is -0.838. The van der Waals surface area contributed by atoms with Crippen molar-refractivity contribution in [1.29, 1.82) is 0 Å². The third-order valence-corrected chi connectivity index (χ3v) is 12.4. The first kappa shape index (κ1) is 57.6. The summed E-state index contributed by atoms with van der Waals surface area (Å²) < 4.78 is 0. The molecule has 59 heavy (non-hydrogen) atoms. The Morgan fingerprint density at radius 1 is 0.407 bits per heavy atom. The van der Waals surface area contributed by atoms with Crippen LogP contribution in [0.2, 0.25) is 0 Å². The molecule has 0 spiro atoms. The molecule has 4 nitrogen and oxygen atoms in total. The Morgan fingerprint density at radius 2 is 0.695 bits per heavy atom. The highest BCUT2D eigenvalue weighted by Gasteiger charge is 2.18. The van der Waals surface area contributed by atoms with Crippen molar-refractivity contribution in [3.05, 3.63) is 36.5 Å². The molecule has 348 valence electrons. The molecule has 0 aromatic heterocycles. The third kappa shape index (κ3) is 47.5. The van der Waals surface area contributed by atoms with Crippen molar-refractivity contribution in [1.82, 2.24) is 5.32 Å². The summed E-state index contributed by atoms with van der Waals surface area (Å²) in [4.78, 5) is 12.4. The van der Waals surface area contributed by atoms with Crippen LogP contribution in [0, 0.1) is 0 Å². The van der Waals surface area contributed by atoms with E-state index in [4.69, 9.17) is 0 Å². The van der Waals surface area contributed by atoms with E-state index in [0.717, 1.165) is 32.1 Å². The SMILES string of the molecule is CCCCCCCCCCC/C=C\C/C=C\CCCCCCCCCCCCCCCCCC(=O)NC(CO)C(O)/C=C/CCCCCCCCCCCCCCCC. The maximum Gasteiger partial charge on any atom is 0.220 e. The van der Waals surface area contributed by atoms with Gasteiger partial charge in [-0.15, -0.1) is 0 Å². The summed E-state index contributed by atoms with van der Waals surface area (Å²) in [6.45, 7) is 4.33. The summed E-state index contributed by atoms with van der Waals surface area (Å²) in [6.07, 6.45) is 68.6. The summed E-state index contributed by atoms with van der Waals surface area (Å²) in [5.41, 5.74) is 0. The van der Waals surface area contributed by atoms with Gasteiger partial charge in [0.25, 0.3) is 0 Å². The maximum absolute atomic E-state index is 12.4. The largest absolute Gasteiger partial charge is 0.394 e. The average molecular weight is 828 g/mol. The van der Waals surface area contributed by atoms with E-state index in [-0.39, 0.29) is 12.5 Å². The van der Waals surface area contributed by atoms with Crippen LogP contribution >= 0.6 is 0 Å². The molecule has 0 rings (SSSR count). The molecule has 2 unspecified atom stereocenters. The average Bonchev–Trinajstić information content (AvgIpc) is 3.24. The third-order valence-electron chi connectivity index (χ3n) is 12.4. The topological polar surface area (TPSA) is 69.6 Å². The summed E-state index contributed by atoms with van der Waals surface area (Å²) in [6, 6.07) is -0.621. The Balaban J connectivity index is 3.47. The maximum atomic E-state index is 12.4. The van der Waals surface area contributed by atoms with Crippen LogP contribution in [0.4, 0.5) is 0 Å². The van der Waals surface area contributed by atoms with Gasteiger partial charge >= 0.3 is 0 Å². The lowest BCUT2D eigenvalue weighted by atomic mass is 10.0. The first-order chi connectivity index (χ1) is 29.2. The number of allylic oxidation sites excluding steroid dienone is 5. The van der Waals surface area contributed by atoms with E-state index in [9.17, 15) is 15.0 Å². The molecule has 0 aliphatic heterocycles. The molecule has 0 fully saturated rings. The van der Waals surface area contributed by atoms with Crippen LogP contribution in [0.5, 0.6) is 0 Å². The van der Waals surface area contributed by atoms with Crippen molar-refractivity contribution < 1.29 is 15.0 Å². The summed E-state index contributed by atoms with van der Waals surface area (Å²) in [7, 11) is 0. The van der Waals surface area contributed by atoms with Crippen LogP contribution in [0.25, 0.3) is 0 Å². The summed E-state index contributed by atoms with van der Waals surface area (Å²) >= 11 is 0. The van der Waals surface area contributed by atoms with Crippen molar-refractivity contribution in [3.63, 3.8) is 0 Å². The van der Waals surface area contributed by atoms with Gasteiger partial charge in [-0.1, -0.05) is 269 Å². The zero-order valence-electron chi connectivity index (χ0n) is 40.0. The van der Waals surface area contributed by atoms with Crippen LogP contribution in [0.3, 0.4) is 0 Å². The number of rotatable bonds is 49. The smallest absolute Gasteiger partial charge is 0.220 e. The van der Waals surface area contributed by atoms with Gasteiger partial charge in [0.1, 0.15) is 0 Å². The van der Waals surface area contributed by atoms with E-state index in [0.29, 0.717) is 6.42 Å². The molecular formula is C55H105NO3. The van der Waals surface area contributed by atoms with Crippen molar-refractivity contribution in [3.8, 4) is 0 Å².